The molecule has 0 radical (unpaired) electrons. The molecule has 6 heteroatoms. The summed E-state index contributed by atoms with van der Waals surface area (Å²) in [6.07, 6.45) is -4.10. The molecule has 0 bridgehead atoms. The Bertz CT molecular complexity index is 221. The first-order chi connectivity index (χ1) is 5.50. The van der Waals surface area contributed by atoms with Crippen molar-refractivity contribution in [2.75, 3.05) is 13.2 Å². The number of hydrogen-bond acceptors (Lipinski definition) is 3. The molecular formula is C6H6F3NO2. The summed E-state index contributed by atoms with van der Waals surface area (Å²) in [5.74, 6) is -0.965. The van der Waals surface area contributed by atoms with Gasteiger partial charge in [0.1, 0.15) is 12.3 Å². The van der Waals surface area contributed by atoms with Gasteiger partial charge in [0.25, 0.3) is 0 Å². The van der Waals surface area contributed by atoms with Gasteiger partial charge in [-0.25, -0.2) is 4.79 Å². The lowest BCUT2D eigenvalue weighted by atomic mass is 10.4. The zero-order valence-electron chi connectivity index (χ0n) is 5.94. The third-order valence-electron chi connectivity index (χ3n) is 1.23. The van der Waals surface area contributed by atoms with Crippen molar-refractivity contribution in [3.05, 3.63) is 11.8 Å². The third-order valence-corrected chi connectivity index (χ3v) is 1.23. The second kappa shape index (κ2) is 3.04. The Morgan fingerprint density at radius 2 is 2.17 bits per heavy atom. The summed E-state index contributed by atoms with van der Waals surface area (Å²) in [4.78, 5) is 10.5. The molecule has 12 heavy (non-hydrogen) atoms. The van der Waals surface area contributed by atoms with E-state index >= 15 is 0 Å². The maximum absolute atomic E-state index is 12.0. The minimum absolute atomic E-state index is 0.0168. The van der Waals surface area contributed by atoms with Gasteiger partial charge in [-0.15, -0.1) is 0 Å². The molecule has 0 unspecified atom stereocenters. The van der Waals surface area contributed by atoms with E-state index in [2.05, 4.69) is 4.74 Å². The number of esters is 1. The van der Waals surface area contributed by atoms with Crippen molar-refractivity contribution in [3.63, 3.8) is 0 Å². The van der Waals surface area contributed by atoms with E-state index in [1.54, 1.807) is 0 Å². The van der Waals surface area contributed by atoms with Crippen LogP contribution in [0.1, 0.15) is 0 Å². The Morgan fingerprint density at radius 1 is 1.50 bits per heavy atom. The van der Waals surface area contributed by atoms with Crippen LogP contribution in [0.5, 0.6) is 0 Å². The summed E-state index contributed by atoms with van der Waals surface area (Å²) in [6, 6.07) is 0. The van der Waals surface area contributed by atoms with Crippen molar-refractivity contribution < 1.29 is 22.7 Å². The average Bonchev–Trinajstić information content (AvgIpc) is 2.11. The molecule has 0 aromatic heterocycles. The highest BCUT2D eigenvalue weighted by Crippen LogP contribution is 2.23. The van der Waals surface area contributed by atoms with Crippen LogP contribution < -0.4 is 5.32 Å². The van der Waals surface area contributed by atoms with E-state index in [9.17, 15) is 18.0 Å². The monoisotopic (exact) mass is 181 g/mol. The number of alkyl halides is 3. The van der Waals surface area contributed by atoms with Crippen molar-refractivity contribution in [3.8, 4) is 0 Å². The molecule has 0 fully saturated rings. The number of halogens is 3. The molecule has 0 saturated carbocycles. The van der Waals surface area contributed by atoms with Crippen LogP contribution in [0.15, 0.2) is 11.8 Å². The summed E-state index contributed by atoms with van der Waals surface area (Å²) in [5, 5.41) is 2.04. The first-order valence-corrected chi connectivity index (χ1v) is 3.19. The molecule has 0 aromatic rings. The normalized spacial score (nSPS) is 18.9. The van der Waals surface area contributed by atoms with Gasteiger partial charge in [-0.2, -0.15) is 13.2 Å². The van der Waals surface area contributed by atoms with Crippen LogP contribution in [0.3, 0.4) is 0 Å². The minimum Gasteiger partial charge on any atom is -0.461 e. The fourth-order valence-corrected chi connectivity index (χ4v) is 0.730. The van der Waals surface area contributed by atoms with Gasteiger partial charge in [0.05, 0.1) is 6.08 Å². The Hall–Kier alpha value is -1.20. The molecule has 0 aliphatic carbocycles. The highest BCUT2D eigenvalue weighted by atomic mass is 19.4. The summed E-state index contributed by atoms with van der Waals surface area (Å²) < 4.78 is 40.2. The largest absolute Gasteiger partial charge is 0.461 e. The van der Waals surface area contributed by atoms with E-state index in [1.807, 2.05) is 5.32 Å². The number of rotatable bonds is 0. The van der Waals surface area contributed by atoms with E-state index in [0.717, 1.165) is 0 Å². The zero-order valence-corrected chi connectivity index (χ0v) is 5.94. The second-order valence-electron chi connectivity index (χ2n) is 2.15. The van der Waals surface area contributed by atoms with Crippen molar-refractivity contribution in [2.45, 2.75) is 6.18 Å². The van der Waals surface area contributed by atoms with Gasteiger partial charge in [0.15, 0.2) is 0 Å². The minimum atomic E-state index is -4.51. The van der Waals surface area contributed by atoms with Crippen LogP contribution in [0.25, 0.3) is 0 Å². The summed E-state index contributed by atoms with van der Waals surface area (Å²) in [7, 11) is 0. The smallest absolute Gasteiger partial charge is 0.431 e. The Kier molecular flexibility index (Phi) is 2.25. The number of carbonyl (C=O) groups excluding carboxylic acids is 1. The van der Waals surface area contributed by atoms with E-state index in [4.69, 9.17) is 0 Å². The summed E-state index contributed by atoms with van der Waals surface area (Å²) in [5.41, 5.74) is -1.05. The van der Waals surface area contributed by atoms with Crippen LogP contribution in [0.4, 0.5) is 13.2 Å². The van der Waals surface area contributed by atoms with Crippen molar-refractivity contribution >= 4 is 5.97 Å². The van der Waals surface area contributed by atoms with Gasteiger partial charge in [-0.3, -0.25) is 0 Å². The molecule has 0 atom stereocenters. The van der Waals surface area contributed by atoms with Gasteiger partial charge in [0, 0.05) is 6.54 Å². The standard InChI is InChI=1S/C6H6F3NO2/c7-6(8,9)4-3-5(11)12-2-1-10-4/h3,10H,1-2H2. The van der Waals surface area contributed by atoms with Gasteiger partial charge in [0.2, 0.25) is 0 Å². The summed E-state index contributed by atoms with van der Waals surface area (Å²) >= 11 is 0. The van der Waals surface area contributed by atoms with Crippen LogP contribution in [0, 0.1) is 0 Å². The first-order valence-electron chi connectivity index (χ1n) is 3.19. The number of hydrogen-bond donors (Lipinski definition) is 1. The number of carbonyl (C=O) groups is 1. The second-order valence-corrected chi connectivity index (χ2v) is 2.15. The fraction of sp³-hybridized carbons (Fsp3) is 0.500. The molecule has 1 aliphatic heterocycles. The maximum atomic E-state index is 12.0. The van der Waals surface area contributed by atoms with E-state index in [0.29, 0.717) is 6.08 Å². The quantitative estimate of drug-likeness (QED) is 0.555. The predicted molar refractivity (Wildman–Crippen MR) is 33.1 cm³/mol. The van der Waals surface area contributed by atoms with Crippen LogP contribution in [-0.2, 0) is 9.53 Å². The lowest BCUT2D eigenvalue weighted by Gasteiger charge is -2.09. The molecule has 68 valence electrons. The van der Waals surface area contributed by atoms with E-state index in [-0.39, 0.29) is 13.2 Å². The fourth-order valence-electron chi connectivity index (χ4n) is 0.730. The van der Waals surface area contributed by atoms with Crippen LogP contribution >= 0.6 is 0 Å². The lowest BCUT2D eigenvalue weighted by Crippen LogP contribution is -2.27. The molecule has 1 heterocycles. The zero-order chi connectivity index (χ0) is 9.19. The van der Waals surface area contributed by atoms with Gasteiger partial charge < -0.3 is 10.1 Å². The Balaban J connectivity index is 2.80. The number of ether oxygens (including phenoxy) is 1. The number of nitrogens with one attached hydrogen (secondary N) is 1. The van der Waals surface area contributed by atoms with Gasteiger partial charge in [-0.05, 0) is 0 Å². The maximum Gasteiger partial charge on any atom is 0.431 e. The number of cyclic esters (lactones) is 1. The van der Waals surface area contributed by atoms with Crippen LogP contribution in [0.2, 0.25) is 0 Å². The first kappa shape index (κ1) is 8.89. The molecule has 0 amide bonds. The molecule has 0 aromatic carbocycles. The molecule has 0 saturated heterocycles. The molecule has 3 nitrogen and oxygen atoms in total. The highest BCUT2D eigenvalue weighted by molar-refractivity contribution is 5.83. The molecule has 1 aliphatic rings. The van der Waals surface area contributed by atoms with Gasteiger partial charge in [-0.1, -0.05) is 0 Å². The average molecular weight is 181 g/mol. The van der Waals surface area contributed by atoms with Crippen LogP contribution in [-0.4, -0.2) is 25.3 Å². The molecular weight excluding hydrogens is 175 g/mol. The summed E-state index contributed by atoms with van der Waals surface area (Å²) in [6.45, 7) is -0.0635. The highest BCUT2D eigenvalue weighted by Gasteiger charge is 2.35. The van der Waals surface area contributed by atoms with Crippen molar-refractivity contribution in [2.24, 2.45) is 0 Å². The SMILES string of the molecule is O=C1C=C(C(F)(F)F)NCCO1. The topological polar surface area (TPSA) is 38.3 Å². The Morgan fingerprint density at radius 3 is 2.75 bits per heavy atom. The lowest BCUT2D eigenvalue weighted by molar-refractivity contribution is -0.137. The van der Waals surface area contributed by atoms with Crippen molar-refractivity contribution in [1.29, 1.82) is 0 Å². The van der Waals surface area contributed by atoms with E-state index < -0.39 is 17.8 Å². The third kappa shape index (κ3) is 2.14. The number of allylic oxidation sites excluding steroid dienone is 1. The van der Waals surface area contributed by atoms with Crippen molar-refractivity contribution in [1.82, 2.24) is 5.32 Å². The predicted octanol–water partition coefficient (Wildman–Crippen LogP) is 0.579. The molecule has 1 rings (SSSR count). The van der Waals surface area contributed by atoms with Gasteiger partial charge >= 0.3 is 12.1 Å². The molecule has 1 N–H and O–H groups in total. The molecule has 0 spiro atoms. The van der Waals surface area contributed by atoms with E-state index in [1.165, 1.54) is 0 Å². The Labute approximate surface area is 66.2 Å².